The first-order valence-corrected chi connectivity index (χ1v) is 9.66. The van der Waals surface area contributed by atoms with E-state index in [0.29, 0.717) is 12.4 Å². The molecule has 1 saturated heterocycles. The molecule has 1 atom stereocenters. The largest absolute Gasteiger partial charge is 0.346 e. The van der Waals surface area contributed by atoms with E-state index >= 15 is 0 Å². The fourth-order valence-electron chi connectivity index (χ4n) is 3.72. The van der Waals surface area contributed by atoms with Crippen LogP contribution in [0.4, 0.5) is 0 Å². The molecule has 2 heterocycles. The number of carbonyl (C=O) groups excluding carboxylic acids is 1. The summed E-state index contributed by atoms with van der Waals surface area (Å²) in [7, 11) is 0. The highest BCUT2D eigenvalue weighted by Crippen LogP contribution is 2.33. The highest BCUT2D eigenvalue weighted by atomic mass is 16.2. The Morgan fingerprint density at radius 3 is 2.39 bits per heavy atom. The third kappa shape index (κ3) is 3.63. The molecule has 1 aromatic heterocycles. The van der Waals surface area contributed by atoms with Crippen LogP contribution >= 0.6 is 0 Å². The highest BCUT2D eigenvalue weighted by Gasteiger charge is 2.33. The number of rotatable bonds is 6. The van der Waals surface area contributed by atoms with Crippen LogP contribution in [-0.2, 0) is 24.3 Å². The number of amides is 1. The molecular formula is C22H24N4O2. The highest BCUT2D eigenvalue weighted by molar-refractivity contribution is 5.77. The van der Waals surface area contributed by atoms with Gasteiger partial charge in [-0.2, -0.15) is 5.10 Å². The summed E-state index contributed by atoms with van der Waals surface area (Å²) in [6.45, 7) is 3.07. The molecule has 2 aromatic carbocycles. The second-order valence-electron chi connectivity index (χ2n) is 7.18. The minimum absolute atomic E-state index is 0.0126. The van der Waals surface area contributed by atoms with E-state index in [1.54, 1.807) is 4.57 Å². The zero-order chi connectivity index (χ0) is 19.5. The topological polar surface area (TPSA) is 60.1 Å². The van der Waals surface area contributed by atoms with Gasteiger partial charge in [-0.15, -0.1) is 0 Å². The van der Waals surface area contributed by atoms with Crippen molar-refractivity contribution < 1.29 is 4.79 Å². The van der Waals surface area contributed by atoms with Crippen molar-refractivity contribution in [2.45, 2.75) is 38.9 Å². The number of benzene rings is 2. The third-order valence-corrected chi connectivity index (χ3v) is 5.38. The van der Waals surface area contributed by atoms with E-state index in [2.05, 4.69) is 5.10 Å². The summed E-state index contributed by atoms with van der Waals surface area (Å²) in [6, 6.07) is 20.2. The molecule has 0 N–H and O–H groups in total. The van der Waals surface area contributed by atoms with E-state index in [1.165, 1.54) is 10.2 Å². The lowest BCUT2D eigenvalue weighted by atomic mass is 9.95. The molecule has 0 unspecified atom stereocenters. The molecule has 1 aliphatic rings. The van der Waals surface area contributed by atoms with Gasteiger partial charge in [-0.25, -0.2) is 9.48 Å². The monoisotopic (exact) mass is 376 g/mol. The molecule has 6 nitrogen and oxygen atoms in total. The maximum atomic E-state index is 12.7. The standard InChI is InChI=1S/C22H24N4O2/c1-17-23-26(22(28)24(17)14-12-18-8-4-2-5-9-18)16-21(27)25-15-13-20(25)19-10-6-3-7-11-19/h2-11,20H,12-16H2,1H3/t20-/m1/s1. The average Bonchev–Trinajstić information content (AvgIpc) is 2.94. The van der Waals surface area contributed by atoms with Crippen molar-refractivity contribution >= 4 is 5.91 Å². The van der Waals surface area contributed by atoms with E-state index in [0.717, 1.165) is 24.9 Å². The lowest BCUT2D eigenvalue weighted by molar-refractivity contribution is -0.140. The molecular weight excluding hydrogens is 352 g/mol. The summed E-state index contributed by atoms with van der Waals surface area (Å²) in [5, 5.41) is 4.32. The zero-order valence-electron chi connectivity index (χ0n) is 16.0. The fourth-order valence-corrected chi connectivity index (χ4v) is 3.72. The van der Waals surface area contributed by atoms with Crippen LogP contribution in [-0.4, -0.2) is 31.7 Å². The zero-order valence-corrected chi connectivity index (χ0v) is 16.0. The quantitative estimate of drug-likeness (QED) is 0.664. The maximum Gasteiger partial charge on any atom is 0.346 e. The van der Waals surface area contributed by atoms with Gasteiger partial charge < -0.3 is 4.90 Å². The number of aryl methyl sites for hydroxylation is 2. The first kappa shape index (κ1) is 18.2. The van der Waals surface area contributed by atoms with Crippen molar-refractivity contribution in [1.82, 2.24) is 19.2 Å². The normalized spacial score (nSPS) is 16.0. The molecule has 0 saturated carbocycles. The Morgan fingerprint density at radius 2 is 1.75 bits per heavy atom. The van der Waals surface area contributed by atoms with Gasteiger partial charge in [-0.05, 0) is 30.9 Å². The van der Waals surface area contributed by atoms with Crippen LogP contribution in [0.5, 0.6) is 0 Å². The van der Waals surface area contributed by atoms with E-state index in [1.807, 2.05) is 72.5 Å². The minimum Gasteiger partial charge on any atom is -0.334 e. The summed E-state index contributed by atoms with van der Waals surface area (Å²) < 4.78 is 2.94. The maximum absolute atomic E-state index is 12.7. The van der Waals surface area contributed by atoms with Crippen LogP contribution < -0.4 is 5.69 Å². The van der Waals surface area contributed by atoms with E-state index in [4.69, 9.17) is 0 Å². The summed E-state index contributed by atoms with van der Waals surface area (Å²) in [4.78, 5) is 27.3. The summed E-state index contributed by atoms with van der Waals surface area (Å²) >= 11 is 0. The molecule has 1 amide bonds. The molecule has 3 aromatic rings. The van der Waals surface area contributed by atoms with Gasteiger partial charge in [0.25, 0.3) is 0 Å². The molecule has 0 bridgehead atoms. The van der Waals surface area contributed by atoms with Crippen molar-refractivity contribution in [3.63, 3.8) is 0 Å². The van der Waals surface area contributed by atoms with Crippen molar-refractivity contribution in [2.75, 3.05) is 6.54 Å². The molecule has 1 fully saturated rings. The average molecular weight is 376 g/mol. The van der Waals surface area contributed by atoms with Gasteiger partial charge in [0, 0.05) is 13.1 Å². The fraction of sp³-hybridized carbons (Fsp3) is 0.318. The predicted octanol–water partition coefficient (Wildman–Crippen LogP) is 2.57. The molecule has 0 radical (unpaired) electrons. The summed E-state index contributed by atoms with van der Waals surface area (Å²) in [5.74, 6) is 0.576. The lowest BCUT2D eigenvalue weighted by Gasteiger charge is -2.41. The summed E-state index contributed by atoms with van der Waals surface area (Å²) in [6.07, 6.45) is 1.71. The van der Waals surface area contributed by atoms with Gasteiger partial charge in [0.1, 0.15) is 12.4 Å². The van der Waals surface area contributed by atoms with Crippen LogP contribution in [0.1, 0.15) is 29.4 Å². The van der Waals surface area contributed by atoms with Crippen molar-refractivity contribution in [2.24, 2.45) is 0 Å². The number of carbonyl (C=O) groups is 1. The van der Waals surface area contributed by atoms with Crippen LogP contribution in [0, 0.1) is 6.92 Å². The molecule has 1 aliphatic heterocycles. The van der Waals surface area contributed by atoms with Gasteiger partial charge in [-0.3, -0.25) is 9.36 Å². The smallest absolute Gasteiger partial charge is 0.334 e. The molecule has 0 spiro atoms. The van der Waals surface area contributed by atoms with Crippen molar-refractivity contribution in [3.8, 4) is 0 Å². The molecule has 4 rings (SSSR count). The van der Waals surface area contributed by atoms with Crippen molar-refractivity contribution in [1.29, 1.82) is 0 Å². The number of aromatic nitrogens is 3. The second-order valence-corrected chi connectivity index (χ2v) is 7.18. The number of hydrogen-bond acceptors (Lipinski definition) is 3. The van der Waals surface area contributed by atoms with E-state index < -0.39 is 0 Å². The van der Waals surface area contributed by atoms with Gasteiger partial charge in [0.2, 0.25) is 5.91 Å². The van der Waals surface area contributed by atoms with Crippen molar-refractivity contribution in [3.05, 3.63) is 88.1 Å². The predicted molar refractivity (Wildman–Crippen MR) is 107 cm³/mol. The number of hydrogen-bond donors (Lipinski definition) is 0. The lowest BCUT2D eigenvalue weighted by Crippen LogP contribution is -2.47. The molecule has 144 valence electrons. The molecule has 6 heteroatoms. The Morgan fingerprint density at radius 1 is 1.07 bits per heavy atom. The first-order valence-electron chi connectivity index (χ1n) is 9.66. The first-order chi connectivity index (χ1) is 13.6. The Hall–Kier alpha value is -3.15. The molecule has 28 heavy (non-hydrogen) atoms. The third-order valence-electron chi connectivity index (χ3n) is 5.38. The van der Waals surface area contributed by atoms with Crippen LogP contribution in [0.3, 0.4) is 0 Å². The van der Waals surface area contributed by atoms with Crippen LogP contribution in [0.15, 0.2) is 65.5 Å². The Kier molecular flexibility index (Phi) is 5.10. The summed E-state index contributed by atoms with van der Waals surface area (Å²) in [5.41, 5.74) is 2.08. The minimum atomic E-state index is -0.224. The van der Waals surface area contributed by atoms with Gasteiger partial charge in [0.15, 0.2) is 0 Å². The van der Waals surface area contributed by atoms with Crippen LogP contribution in [0.2, 0.25) is 0 Å². The van der Waals surface area contributed by atoms with Gasteiger partial charge >= 0.3 is 5.69 Å². The Bertz CT molecular complexity index is 1010. The number of likely N-dealkylation sites (tertiary alicyclic amines) is 1. The second kappa shape index (κ2) is 7.84. The van der Waals surface area contributed by atoms with Gasteiger partial charge in [-0.1, -0.05) is 60.7 Å². The van der Waals surface area contributed by atoms with Gasteiger partial charge in [0.05, 0.1) is 6.04 Å². The number of nitrogens with zero attached hydrogens (tertiary/aromatic N) is 4. The Balaban J connectivity index is 1.44. The molecule has 0 aliphatic carbocycles. The SMILES string of the molecule is Cc1nn(CC(=O)N2CC[C@@H]2c2ccccc2)c(=O)n1CCc1ccccc1. The Labute approximate surface area is 164 Å². The van der Waals surface area contributed by atoms with E-state index in [9.17, 15) is 9.59 Å². The van der Waals surface area contributed by atoms with E-state index in [-0.39, 0.29) is 24.2 Å². The van der Waals surface area contributed by atoms with Crippen LogP contribution in [0.25, 0.3) is 0 Å².